The smallest absolute Gasteiger partial charge is 0.294 e. The second kappa shape index (κ2) is 8.92. The van der Waals surface area contributed by atoms with Gasteiger partial charge in [-0.25, -0.2) is 0 Å². The fourth-order valence-electron chi connectivity index (χ4n) is 2.73. The van der Waals surface area contributed by atoms with Crippen LogP contribution in [-0.2, 0) is 23.9 Å². The lowest BCUT2D eigenvalue weighted by atomic mass is 10.1. The third-order valence-electron chi connectivity index (χ3n) is 3.84. The highest BCUT2D eigenvalue weighted by Crippen LogP contribution is 2.28. The molecular formula is C12H20N2O10. The van der Waals surface area contributed by atoms with Crippen LogP contribution in [0.3, 0.4) is 0 Å². The summed E-state index contributed by atoms with van der Waals surface area (Å²) >= 11 is 0. The van der Waals surface area contributed by atoms with Crippen LogP contribution in [0, 0.1) is 20.2 Å². The zero-order valence-electron chi connectivity index (χ0n) is 12.9. The predicted molar refractivity (Wildman–Crippen MR) is 73.9 cm³/mol. The van der Waals surface area contributed by atoms with E-state index in [1.807, 2.05) is 0 Å². The van der Waals surface area contributed by atoms with Gasteiger partial charge >= 0.3 is 0 Å². The number of aliphatic hydroxyl groups is 1. The lowest BCUT2D eigenvalue weighted by molar-refractivity contribution is -0.790. The van der Waals surface area contributed by atoms with Crippen LogP contribution < -0.4 is 0 Å². The number of ether oxygens (including phenoxy) is 3. The first kappa shape index (κ1) is 18.6. The molecule has 2 saturated heterocycles. The minimum Gasteiger partial charge on any atom is -0.388 e. The van der Waals surface area contributed by atoms with E-state index in [1.54, 1.807) is 0 Å². The minimum absolute atomic E-state index is 0.223. The van der Waals surface area contributed by atoms with Crippen LogP contribution in [0.4, 0.5) is 0 Å². The Bertz CT molecular complexity index is 436. The van der Waals surface area contributed by atoms with Gasteiger partial charge in [0, 0.05) is 6.61 Å². The summed E-state index contributed by atoms with van der Waals surface area (Å²) < 4.78 is 16.5. The van der Waals surface area contributed by atoms with Crippen LogP contribution in [0.2, 0.25) is 0 Å². The predicted octanol–water partition coefficient (Wildman–Crippen LogP) is -0.514. The number of rotatable bonds is 11. The average Bonchev–Trinajstić information content (AvgIpc) is 3.07. The molecule has 2 heterocycles. The Morgan fingerprint density at radius 3 is 2.58 bits per heavy atom. The van der Waals surface area contributed by atoms with Crippen molar-refractivity contribution in [2.75, 3.05) is 26.4 Å². The molecule has 2 fully saturated rings. The van der Waals surface area contributed by atoms with E-state index in [0.717, 1.165) is 0 Å². The van der Waals surface area contributed by atoms with Crippen molar-refractivity contribution in [1.82, 2.24) is 0 Å². The van der Waals surface area contributed by atoms with Crippen molar-refractivity contribution in [2.45, 2.75) is 49.8 Å². The third-order valence-corrected chi connectivity index (χ3v) is 3.84. The van der Waals surface area contributed by atoms with Crippen LogP contribution in [0.1, 0.15) is 19.3 Å². The standard InChI is InChI=1S/C12H20N2O10/c15-9-6-21-12-10(7-22-11(9)12)20-4-2-1-3-8(24-14(18)19)5-23-13(16)17/h8-12,15H,1-7H2/t8?,9-,10-,11-,12-/m1/s1. The number of hydrogen-bond acceptors (Lipinski definition) is 10. The van der Waals surface area contributed by atoms with E-state index in [1.165, 1.54) is 0 Å². The van der Waals surface area contributed by atoms with Gasteiger partial charge in [0.2, 0.25) is 0 Å². The largest absolute Gasteiger partial charge is 0.388 e. The molecule has 12 nitrogen and oxygen atoms in total. The van der Waals surface area contributed by atoms with E-state index in [4.69, 9.17) is 14.2 Å². The molecule has 0 saturated carbocycles. The Labute approximate surface area is 136 Å². The Morgan fingerprint density at radius 2 is 1.88 bits per heavy atom. The Balaban J connectivity index is 1.60. The summed E-state index contributed by atoms with van der Waals surface area (Å²) in [5, 5.41) is 28.1. The van der Waals surface area contributed by atoms with Crippen LogP contribution in [0.15, 0.2) is 0 Å². The molecule has 0 amide bonds. The van der Waals surface area contributed by atoms with E-state index in [2.05, 4.69) is 9.68 Å². The van der Waals surface area contributed by atoms with Crippen molar-refractivity contribution in [3.63, 3.8) is 0 Å². The van der Waals surface area contributed by atoms with E-state index < -0.39 is 29.0 Å². The van der Waals surface area contributed by atoms with Crippen LogP contribution >= 0.6 is 0 Å². The van der Waals surface area contributed by atoms with Crippen molar-refractivity contribution in [1.29, 1.82) is 0 Å². The maximum absolute atomic E-state index is 10.3. The second-order valence-electron chi connectivity index (χ2n) is 5.54. The summed E-state index contributed by atoms with van der Waals surface area (Å²) in [4.78, 5) is 28.9. The van der Waals surface area contributed by atoms with Gasteiger partial charge in [0.05, 0.1) is 13.2 Å². The molecule has 1 unspecified atom stereocenters. The third kappa shape index (κ3) is 5.40. The van der Waals surface area contributed by atoms with Gasteiger partial charge in [0.1, 0.15) is 37.1 Å². The van der Waals surface area contributed by atoms with Gasteiger partial charge in [0.25, 0.3) is 10.2 Å². The van der Waals surface area contributed by atoms with Crippen molar-refractivity contribution in [3.05, 3.63) is 20.2 Å². The summed E-state index contributed by atoms with van der Waals surface area (Å²) in [5.74, 6) is 0. The maximum atomic E-state index is 10.3. The normalized spacial score (nSPS) is 29.9. The fraction of sp³-hybridized carbons (Fsp3) is 1.00. The molecule has 0 bridgehead atoms. The van der Waals surface area contributed by atoms with Crippen molar-refractivity contribution in [3.8, 4) is 0 Å². The molecule has 2 aliphatic rings. The highest BCUT2D eigenvalue weighted by atomic mass is 17.0. The zero-order valence-corrected chi connectivity index (χ0v) is 12.9. The van der Waals surface area contributed by atoms with Gasteiger partial charge < -0.3 is 29.0 Å². The van der Waals surface area contributed by atoms with E-state index in [-0.39, 0.29) is 31.3 Å². The topological polar surface area (TPSA) is 153 Å². The first-order valence-corrected chi connectivity index (χ1v) is 7.58. The van der Waals surface area contributed by atoms with Crippen molar-refractivity contribution >= 4 is 0 Å². The maximum Gasteiger partial charge on any atom is 0.294 e. The van der Waals surface area contributed by atoms with Gasteiger partial charge in [-0.2, -0.15) is 0 Å². The number of hydrogen-bond donors (Lipinski definition) is 1. The molecule has 0 spiro atoms. The van der Waals surface area contributed by atoms with Gasteiger partial charge in [-0.05, 0) is 19.3 Å². The second-order valence-corrected chi connectivity index (χ2v) is 5.54. The molecular weight excluding hydrogens is 332 g/mol. The SMILES string of the molecule is O=[N+]([O-])OCC(CCCCO[C@@H]1CO[C@H]2[C@@H]1OC[C@H]2O)O[N+](=O)[O-]. The highest BCUT2D eigenvalue weighted by Gasteiger charge is 2.47. The van der Waals surface area contributed by atoms with Gasteiger partial charge in [-0.1, -0.05) is 0 Å². The summed E-state index contributed by atoms with van der Waals surface area (Å²) in [6.45, 7) is 0.445. The van der Waals surface area contributed by atoms with Crippen molar-refractivity contribution in [2.24, 2.45) is 0 Å². The molecule has 2 rings (SSSR count). The van der Waals surface area contributed by atoms with Crippen molar-refractivity contribution < 1.29 is 39.2 Å². The molecule has 12 heteroatoms. The van der Waals surface area contributed by atoms with E-state index in [9.17, 15) is 25.3 Å². The Kier molecular flexibility index (Phi) is 6.90. The Morgan fingerprint density at radius 1 is 1.12 bits per heavy atom. The molecule has 1 N–H and O–H groups in total. The quantitative estimate of drug-likeness (QED) is 0.292. The number of unbranched alkanes of at least 4 members (excludes halogenated alkanes) is 1. The van der Waals surface area contributed by atoms with E-state index >= 15 is 0 Å². The lowest BCUT2D eigenvalue weighted by Gasteiger charge is -2.17. The molecule has 0 radical (unpaired) electrons. The molecule has 5 atom stereocenters. The number of fused-ring (bicyclic) bond motifs is 1. The summed E-state index contributed by atoms with van der Waals surface area (Å²) in [5.41, 5.74) is 0. The molecule has 0 aromatic heterocycles. The molecule has 24 heavy (non-hydrogen) atoms. The molecule has 0 aromatic rings. The highest BCUT2D eigenvalue weighted by molar-refractivity contribution is 4.94. The molecule has 0 aliphatic carbocycles. The number of aliphatic hydroxyl groups excluding tert-OH is 1. The fourth-order valence-corrected chi connectivity index (χ4v) is 2.73. The molecule has 0 aromatic carbocycles. The summed E-state index contributed by atoms with van der Waals surface area (Å²) in [6.07, 6.45) is -1.22. The average molecular weight is 352 g/mol. The monoisotopic (exact) mass is 352 g/mol. The lowest BCUT2D eigenvalue weighted by Crippen LogP contribution is -2.33. The zero-order chi connectivity index (χ0) is 17.5. The first-order valence-electron chi connectivity index (χ1n) is 7.58. The first-order chi connectivity index (χ1) is 11.5. The summed E-state index contributed by atoms with van der Waals surface area (Å²) in [6, 6.07) is 0. The van der Waals surface area contributed by atoms with Gasteiger partial charge in [-0.15, -0.1) is 20.2 Å². The van der Waals surface area contributed by atoms with E-state index in [0.29, 0.717) is 26.1 Å². The van der Waals surface area contributed by atoms with Crippen LogP contribution in [0.25, 0.3) is 0 Å². The Hall–Kier alpha value is -1.76. The van der Waals surface area contributed by atoms with Crippen LogP contribution in [0.5, 0.6) is 0 Å². The number of nitrogens with zero attached hydrogens (tertiary/aromatic N) is 2. The van der Waals surface area contributed by atoms with Crippen LogP contribution in [-0.4, -0.2) is 72.2 Å². The van der Waals surface area contributed by atoms with Gasteiger partial charge in [-0.3, -0.25) is 0 Å². The molecule has 138 valence electrons. The minimum atomic E-state index is -1.02. The summed E-state index contributed by atoms with van der Waals surface area (Å²) in [7, 11) is 0. The van der Waals surface area contributed by atoms with Gasteiger partial charge in [0.15, 0.2) is 0 Å². The molecule has 2 aliphatic heterocycles.